The smallest absolute Gasteiger partial charge is 0.161 e. The van der Waals surface area contributed by atoms with Gasteiger partial charge in [0.2, 0.25) is 0 Å². The van der Waals surface area contributed by atoms with Crippen molar-refractivity contribution in [2.24, 2.45) is 7.05 Å². The fourth-order valence-electron chi connectivity index (χ4n) is 0.807. The first-order chi connectivity index (χ1) is 5.74. The minimum absolute atomic E-state index is 0.500. The Kier molecular flexibility index (Phi) is 3.18. The lowest BCUT2D eigenvalue weighted by atomic mass is 10.3. The van der Waals surface area contributed by atoms with Crippen molar-refractivity contribution in [3.05, 3.63) is 11.8 Å². The van der Waals surface area contributed by atoms with Crippen LogP contribution in [0.1, 0.15) is 12.0 Å². The van der Waals surface area contributed by atoms with Gasteiger partial charge in [0.1, 0.15) is 0 Å². The van der Waals surface area contributed by atoms with E-state index in [1.54, 1.807) is 4.68 Å². The molecule has 0 amide bonds. The predicted octanol–water partition coefficient (Wildman–Crippen LogP) is 1.14. The molecule has 0 aliphatic rings. The Morgan fingerprint density at radius 2 is 2.50 bits per heavy atom. The van der Waals surface area contributed by atoms with Crippen molar-refractivity contribution in [2.75, 3.05) is 11.1 Å². The molecule has 0 aliphatic heterocycles. The van der Waals surface area contributed by atoms with Crippen LogP contribution in [0.4, 0.5) is 5.82 Å². The van der Waals surface area contributed by atoms with Crippen LogP contribution in [0.2, 0.25) is 0 Å². The molecular weight excluding hydrogens is 218 g/mol. The fraction of sp³-hybridized carbons (Fsp3) is 0.375. The SMILES string of the molecule is Cn1cc(C#CCCBr)c(N)n1. The maximum absolute atomic E-state index is 5.58. The van der Waals surface area contributed by atoms with E-state index in [0.29, 0.717) is 5.82 Å². The lowest BCUT2D eigenvalue weighted by molar-refractivity contribution is 0.772. The summed E-state index contributed by atoms with van der Waals surface area (Å²) in [5.41, 5.74) is 6.38. The van der Waals surface area contributed by atoms with E-state index in [9.17, 15) is 0 Å². The molecule has 1 rings (SSSR count). The van der Waals surface area contributed by atoms with Crippen LogP contribution in [-0.2, 0) is 7.05 Å². The van der Waals surface area contributed by atoms with Crippen LogP contribution in [0.5, 0.6) is 0 Å². The molecule has 0 fully saturated rings. The summed E-state index contributed by atoms with van der Waals surface area (Å²) in [5, 5.41) is 4.86. The molecule has 0 atom stereocenters. The molecule has 0 spiro atoms. The van der Waals surface area contributed by atoms with E-state index in [4.69, 9.17) is 5.73 Å². The maximum Gasteiger partial charge on any atom is 0.161 e. The number of rotatable bonds is 1. The van der Waals surface area contributed by atoms with E-state index in [1.807, 2.05) is 13.2 Å². The second kappa shape index (κ2) is 4.17. The van der Waals surface area contributed by atoms with Crippen molar-refractivity contribution in [3.8, 4) is 11.8 Å². The second-order valence-electron chi connectivity index (χ2n) is 2.34. The lowest BCUT2D eigenvalue weighted by Crippen LogP contribution is -1.90. The minimum Gasteiger partial charge on any atom is -0.381 e. The van der Waals surface area contributed by atoms with Crippen LogP contribution in [-0.4, -0.2) is 15.1 Å². The van der Waals surface area contributed by atoms with Crippen molar-refractivity contribution in [1.29, 1.82) is 0 Å². The number of hydrogen-bond donors (Lipinski definition) is 1. The van der Waals surface area contributed by atoms with Gasteiger partial charge in [-0.3, -0.25) is 4.68 Å². The summed E-state index contributed by atoms with van der Waals surface area (Å²) in [6.07, 6.45) is 2.64. The molecule has 12 heavy (non-hydrogen) atoms. The van der Waals surface area contributed by atoms with Crippen molar-refractivity contribution < 1.29 is 0 Å². The molecule has 0 bridgehead atoms. The molecule has 0 aliphatic carbocycles. The molecule has 0 aromatic carbocycles. The number of nitrogen functional groups attached to an aromatic ring is 1. The molecule has 1 aromatic heterocycles. The van der Waals surface area contributed by atoms with Crippen molar-refractivity contribution >= 4 is 21.7 Å². The van der Waals surface area contributed by atoms with Gasteiger partial charge in [-0.25, -0.2) is 0 Å². The molecule has 0 saturated heterocycles. The Morgan fingerprint density at radius 3 is 3.00 bits per heavy atom. The first-order valence-electron chi connectivity index (χ1n) is 3.58. The first-order valence-corrected chi connectivity index (χ1v) is 4.70. The van der Waals surface area contributed by atoms with Gasteiger partial charge in [-0.05, 0) is 0 Å². The van der Waals surface area contributed by atoms with Gasteiger partial charge < -0.3 is 5.73 Å². The number of nitrogens with two attached hydrogens (primary N) is 1. The Labute approximate surface area is 80.1 Å². The van der Waals surface area contributed by atoms with Gasteiger partial charge in [0, 0.05) is 25.0 Å². The number of nitrogens with zero attached hydrogens (tertiary/aromatic N) is 2. The maximum atomic E-state index is 5.58. The van der Waals surface area contributed by atoms with Crippen molar-refractivity contribution in [3.63, 3.8) is 0 Å². The number of aryl methyl sites for hydroxylation is 1. The first kappa shape index (κ1) is 9.14. The fourth-order valence-corrected chi connectivity index (χ4v) is 1.01. The van der Waals surface area contributed by atoms with Gasteiger partial charge in [0.05, 0.1) is 5.56 Å². The van der Waals surface area contributed by atoms with E-state index in [0.717, 1.165) is 17.3 Å². The molecule has 0 unspecified atom stereocenters. The van der Waals surface area contributed by atoms with Crippen LogP contribution in [0, 0.1) is 11.8 Å². The van der Waals surface area contributed by atoms with Gasteiger partial charge in [-0.1, -0.05) is 27.8 Å². The molecule has 2 N–H and O–H groups in total. The van der Waals surface area contributed by atoms with E-state index < -0.39 is 0 Å². The van der Waals surface area contributed by atoms with Crippen LogP contribution in [0.15, 0.2) is 6.20 Å². The number of hydrogen-bond acceptors (Lipinski definition) is 2. The summed E-state index contributed by atoms with van der Waals surface area (Å²) >= 11 is 3.29. The highest BCUT2D eigenvalue weighted by molar-refractivity contribution is 9.09. The number of anilines is 1. The highest BCUT2D eigenvalue weighted by atomic mass is 79.9. The molecule has 64 valence electrons. The van der Waals surface area contributed by atoms with E-state index in [2.05, 4.69) is 32.9 Å². The van der Waals surface area contributed by atoms with Gasteiger partial charge in [0.25, 0.3) is 0 Å². The largest absolute Gasteiger partial charge is 0.381 e. The Bertz CT molecular complexity index is 319. The lowest BCUT2D eigenvalue weighted by Gasteiger charge is -1.81. The highest BCUT2D eigenvalue weighted by Crippen LogP contribution is 2.05. The molecule has 1 heterocycles. The van der Waals surface area contributed by atoms with Crippen LogP contribution in [0.25, 0.3) is 0 Å². The van der Waals surface area contributed by atoms with E-state index in [1.165, 1.54) is 0 Å². The van der Waals surface area contributed by atoms with Crippen LogP contribution >= 0.6 is 15.9 Å². The molecule has 0 radical (unpaired) electrons. The number of alkyl halides is 1. The van der Waals surface area contributed by atoms with Gasteiger partial charge in [0.15, 0.2) is 5.82 Å². The van der Waals surface area contributed by atoms with Crippen molar-refractivity contribution in [1.82, 2.24) is 9.78 Å². The second-order valence-corrected chi connectivity index (χ2v) is 3.14. The van der Waals surface area contributed by atoms with Crippen molar-refractivity contribution in [2.45, 2.75) is 6.42 Å². The molecule has 4 heteroatoms. The zero-order chi connectivity index (χ0) is 8.97. The van der Waals surface area contributed by atoms with Gasteiger partial charge in [-0.15, -0.1) is 0 Å². The summed E-state index contributed by atoms with van der Waals surface area (Å²) in [5.74, 6) is 6.42. The Morgan fingerprint density at radius 1 is 1.75 bits per heavy atom. The Hall–Kier alpha value is -0.950. The predicted molar refractivity (Wildman–Crippen MR) is 52.9 cm³/mol. The number of halogens is 1. The van der Waals surface area contributed by atoms with Gasteiger partial charge >= 0.3 is 0 Å². The standard InChI is InChI=1S/C8H10BrN3/c1-12-6-7(8(10)11-12)4-2-3-5-9/h6H,3,5H2,1H3,(H2,10,11). The normalized spacial score (nSPS) is 9.17. The third kappa shape index (κ3) is 2.28. The summed E-state index contributed by atoms with van der Waals surface area (Å²) in [6, 6.07) is 0. The zero-order valence-electron chi connectivity index (χ0n) is 6.84. The average molecular weight is 228 g/mol. The van der Waals surface area contributed by atoms with Gasteiger partial charge in [-0.2, -0.15) is 5.10 Å². The van der Waals surface area contributed by atoms with E-state index in [-0.39, 0.29) is 0 Å². The molecular formula is C8H10BrN3. The minimum atomic E-state index is 0.500. The molecule has 1 aromatic rings. The zero-order valence-corrected chi connectivity index (χ0v) is 8.43. The summed E-state index contributed by atoms with van der Waals surface area (Å²) in [7, 11) is 1.83. The third-order valence-electron chi connectivity index (χ3n) is 1.30. The highest BCUT2D eigenvalue weighted by Gasteiger charge is 1.98. The number of aromatic nitrogens is 2. The van der Waals surface area contributed by atoms with E-state index >= 15 is 0 Å². The van der Waals surface area contributed by atoms with Crippen LogP contribution in [0.3, 0.4) is 0 Å². The third-order valence-corrected chi connectivity index (χ3v) is 1.70. The summed E-state index contributed by atoms with van der Waals surface area (Å²) in [6.45, 7) is 0. The average Bonchev–Trinajstić information content (AvgIpc) is 2.31. The molecule has 0 saturated carbocycles. The summed E-state index contributed by atoms with van der Waals surface area (Å²) in [4.78, 5) is 0. The molecule has 3 nitrogen and oxygen atoms in total. The Balaban J connectivity index is 2.76. The quantitative estimate of drug-likeness (QED) is 0.578. The monoisotopic (exact) mass is 227 g/mol. The topological polar surface area (TPSA) is 43.8 Å². The van der Waals surface area contributed by atoms with Crippen LogP contribution < -0.4 is 5.73 Å². The summed E-state index contributed by atoms with van der Waals surface area (Å²) < 4.78 is 1.66.